The number of carbonyl (C=O) groups excluding carboxylic acids is 1. The number of hydrogen-bond donors (Lipinski definition) is 0. The standard InChI is InChI=1S/C19H23N3O2/c23-18-1-5-19(22(18)14-16-2-8-20-9-3-16)6-10-21(11-7-19)13-17-4-12-24-15-17/h2-4,8-9,12,15H,1,5-7,10-11,13-14H2. The molecule has 1 spiro atoms. The Morgan fingerprint density at radius 3 is 2.54 bits per heavy atom. The van der Waals surface area contributed by atoms with Crippen molar-refractivity contribution in [3.05, 3.63) is 54.2 Å². The largest absolute Gasteiger partial charge is 0.472 e. The summed E-state index contributed by atoms with van der Waals surface area (Å²) in [7, 11) is 0. The first-order valence-corrected chi connectivity index (χ1v) is 8.68. The predicted molar refractivity (Wildman–Crippen MR) is 90.0 cm³/mol. The molecule has 4 heterocycles. The van der Waals surface area contributed by atoms with Gasteiger partial charge in [-0.2, -0.15) is 0 Å². The number of amides is 1. The van der Waals surface area contributed by atoms with Gasteiger partial charge < -0.3 is 9.32 Å². The Balaban J connectivity index is 1.43. The zero-order valence-corrected chi connectivity index (χ0v) is 13.9. The van der Waals surface area contributed by atoms with E-state index in [0.29, 0.717) is 18.9 Å². The molecule has 2 aliphatic rings. The monoisotopic (exact) mass is 325 g/mol. The van der Waals surface area contributed by atoms with Crippen molar-refractivity contribution in [2.24, 2.45) is 0 Å². The Bertz CT molecular complexity index is 676. The summed E-state index contributed by atoms with van der Waals surface area (Å²) in [5.41, 5.74) is 2.44. The lowest BCUT2D eigenvalue weighted by Gasteiger charge is -2.45. The Labute approximate surface area is 142 Å². The van der Waals surface area contributed by atoms with Gasteiger partial charge in [-0.1, -0.05) is 0 Å². The van der Waals surface area contributed by atoms with Gasteiger partial charge in [0.05, 0.1) is 12.5 Å². The van der Waals surface area contributed by atoms with Crippen molar-refractivity contribution >= 4 is 5.91 Å². The molecule has 1 amide bonds. The number of furan rings is 1. The number of hydrogen-bond acceptors (Lipinski definition) is 4. The Morgan fingerprint density at radius 2 is 1.83 bits per heavy atom. The third-order valence-electron chi connectivity index (χ3n) is 5.54. The molecule has 2 aromatic heterocycles. The highest BCUT2D eigenvalue weighted by atomic mass is 16.3. The van der Waals surface area contributed by atoms with Gasteiger partial charge in [0, 0.05) is 56.1 Å². The van der Waals surface area contributed by atoms with Crippen LogP contribution in [0.2, 0.25) is 0 Å². The van der Waals surface area contributed by atoms with E-state index in [1.165, 1.54) is 11.1 Å². The summed E-state index contributed by atoms with van der Waals surface area (Å²) in [6.07, 6.45) is 10.9. The first-order valence-electron chi connectivity index (χ1n) is 8.68. The Kier molecular flexibility index (Phi) is 4.10. The van der Waals surface area contributed by atoms with Crippen LogP contribution in [0.4, 0.5) is 0 Å². The highest BCUT2D eigenvalue weighted by Gasteiger charge is 2.46. The van der Waals surface area contributed by atoms with E-state index in [1.807, 2.05) is 24.5 Å². The minimum atomic E-state index is 0.0489. The molecule has 2 aliphatic heterocycles. The van der Waals surface area contributed by atoms with Crippen LogP contribution in [-0.2, 0) is 17.9 Å². The molecule has 0 N–H and O–H groups in total. The van der Waals surface area contributed by atoms with Gasteiger partial charge in [-0.15, -0.1) is 0 Å². The number of likely N-dealkylation sites (tertiary alicyclic amines) is 2. The molecule has 2 aromatic rings. The topological polar surface area (TPSA) is 49.6 Å². The van der Waals surface area contributed by atoms with Crippen molar-refractivity contribution in [3.63, 3.8) is 0 Å². The molecule has 0 aliphatic carbocycles. The molecule has 2 saturated heterocycles. The van der Waals surface area contributed by atoms with E-state index in [-0.39, 0.29) is 5.54 Å². The van der Waals surface area contributed by atoms with Gasteiger partial charge in [-0.25, -0.2) is 0 Å². The highest BCUT2D eigenvalue weighted by molar-refractivity contribution is 5.79. The van der Waals surface area contributed by atoms with Crippen LogP contribution in [0.3, 0.4) is 0 Å². The zero-order chi connectivity index (χ0) is 16.4. The Morgan fingerprint density at radius 1 is 1.04 bits per heavy atom. The van der Waals surface area contributed by atoms with Crippen LogP contribution in [0, 0.1) is 0 Å². The maximum absolute atomic E-state index is 12.5. The molecule has 0 radical (unpaired) electrons. The summed E-state index contributed by atoms with van der Waals surface area (Å²) in [6, 6.07) is 6.04. The molecular formula is C19H23N3O2. The SMILES string of the molecule is O=C1CCC2(CCN(Cc3ccoc3)CC2)N1Cc1ccncc1. The number of carbonyl (C=O) groups is 1. The van der Waals surface area contributed by atoms with Crippen LogP contribution in [0.5, 0.6) is 0 Å². The first-order chi connectivity index (χ1) is 11.8. The number of piperidine rings is 1. The lowest BCUT2D eigenvalue weighted by Crippen LogP contribution is -2.52. The fraction of sp³-hybridized carbons (Fsp3) is 0.474. The van der Waals surface area contributed by atoms with Crippen molar-refractivity contribution in [2.75, 3.05) is 13.1 Å². The summed E-state index contributed by atoms with van der Waals surface area (Å²) < 4.78 is 5.16. The molecule has 0 unspecified atom stereocenters. The summed E-state index contributed by atoms with van der Waals surface area (Å²) >= 11 is 0. The van der Waals surface area contributed by atoms with Crippen molar-refractivity contribution in [2.45, 2.75) is 44.3 Å². The molecule has 0 bridgehead atoms. The summed E-state index contributed by atoms with van der Waals surface area (Å²) in [5, 5.41) is 0. The second-order valence-electron chi connectivity index (χ2n) is 6.97. The van der Waals surface area contributed by atoms with Gasteiger partial charge in [0.2, 0.25) is 5.91 Å². The van der Waals surface area contributed by atoms with E-state index in [4.69, 9.17) is 4.42 Å². The van der Waals surface area contributed by atoms with Gasteiger partial charge in [-0.3, -0.25) is 14.7 Å². The van der Waals surface area contributed by atoms with Crippen LogP contribution in [0.15, 0.2) is 47.5 Å². The van der Waals surface area contributed by atoms with Crippen LogP contribution < -0.4 is 0 Å². The van der Waals surface area contributed by atoms with Crippen molar-refractivity contribution < 1.29 is 9.21 Å². The van der Waals surface area contributed by atoms with Crippen molar-refractivity contribution in [1.29, 1.82) is 0 Å². The molecule has 0 saturated carbocycles. The average molecular weight is 325 g/mol. The molecule has 5 nitrogen and oxygen atoms in total. The van der Waals surface area contributed by atoms with Crippen LogP contribution in [0.1, 0.15) is 36.8 Å². The first kappa shape index (κ1) is 15.4. The second kappa shape index (κ2) is 6.40. The highest BCUT2D eigenvalue weighted by Crippen LogP contribution is 2.40. The number of pyridine rings is 1. The van der Waals surface area contributed by atoms with E-state index in [2.05, 4.69) is 14.8 Å². The molecule has 0 atom stereocenters. The van der Waals surface area contributed by atoms with Crippen LogP contribution >= 0.6 is 0 Å². The van der Waals surface area contributed by atoms with Gasteiger partial charge in [0.15, 0.2) is 0 Å². The van der Waals surface area contributed by atoms with Crippen molar-refractivity contribution in [3.8, 4) is 0 Å². The van der Waals surface area contributed by atoms with Crippen molar-refractivity contribution in [1.82, 2.24) is 14.8 Å². The van der Waals surface area contributed by atoms with Gasteiger partial charge in [0.1, 0.15) is 0 Å². The third-order valence-corrected chi connectivity index (χ3v) is 5.54. The lowest BCUT2D eigenvalue weighted by atomic mass is 9.84. The quantitative estimate of drug-likeness (QED) is 0.867. The minimum absolute atomic E-state index is 0.0489. The van der Waals surface area contributed by atoms with Gasteiger partial charge in [-0.05, 0) is 43.0 Å². The molecule has 0 aromatic carbocycles. The molecule has 4 rings (SSSR count). The van der Waals surface area contributed by atoms with Gasteiger partial charge in [0.25, 0.3) is 0 Å². The molecule has 24 heavy (non-hydrogen) atoms. The fourth-order valence-corrected chi connectivity index (χ4v) is 4.09. The summed E-state index contributed by atoms with van der Waals surface area (Å²) in [4.78, 5) is 21.1. The maximum Gasteiger partial charge on any atom is 0.223 e. The van der Waals surface area contributed by atoms with E-state index < -0.39 is 0 Å². The smallest absolute Gasteiger partial charge is 0.223 e. The number of aromatic nitrogens is 1. The van der Waals surface area contributed by atoms with Crippen LogP contribution in [-0.4, -0.2) is 39.3 Å². The predicted octanol–water partition coefficient (Wildman–Crippen LogP) is 2.83. The van der Waals surface area contributed by atoms with Crippen LogP contribution in [0.25, 0.3) is 0 Å². The minimum Gasteiger partial charge on any atom is -0.472 e. The third kappa shape index (κ3) is 2.96. The Hall–Kier alpha value is -2.14. The molecule has 2 fully saturated rings. The number of nitrogens with zero attached hydrogens (tertiary/aromatic N) is 3. The summed E-state index contributed by atoms with van der Waals surface area (Å²) in [5.74, 6) is 0.301. The summed E-state index contributed by atoms with van der Waals surface area (Å²) in [6.45, 7) is 3.71. The zero-order valence-electron chi connectivity index (χ0n) is 13.9. The molecule has 5 heteroatoms. The van der Waals surface area contributed by atoms with E-state index in [1.54, 1.807) is 18.7 Å². The molecule has 126 valence electrons. The van der Waals surface area contributed by atoms with E-state index >= 15 is 0 Å². The average Bonchev–Trinajstić information content (AvgIpc) is 3.22. The van der Waals surface area contributed by atoms with E-state index in [9.17, 15) is 4.79 Å². The second-order valence-corrected chi connectivity index (χ2v) is 6.97. The van der Waals surface area contributed by atoms with E-state index in [0.717, 1.165) is 38.9 Å². The lowest BCUT2D eigenvalue weighted by molar-refractivity contribution is -0.133. The number of rotatable bonds is 4. The maximum atomic E-state index is 12.5. The normalized spacial score (nSPS) is 20.8. The fourth-order valence-electron chi connectivity index (χ4n) is 4.09. The molecular weight excluding hydrogens is 302 g/mol. The van der Waals surface area contributed by atoms with Gasteiger partial charge >= 0.3 is 0 Å².